The molecule has 3 aromatic rings. The molecule has 1 heterocycles. The third kappa shape index (κ3) is 4.32. The summed E-state index contributed by atoms with van der Waals surface area (Å²) in [5, 5.41) is 11.0. The molecule has 0 amide bonds. The standard InChI is InChI=1S/C20H21F2N3O/c1-20(2,26)13-25(12-14-8-4-3-5-9-14)19-15-10-6-7-11-16(15)23-18(24-19)17(21)22/h3-11,17,26H,12-13H2,1-2H3. The van der Waals surface area contributed by atoms with E-state index >= 15 is 0 Å². The van der Waals surface area contributed by atoms with Crippen molar-refractivity contribution in [3.05, 3.63) is 66.0 Å². The van der Waals surface area contributed by atoms with Crippen molar-refractivity contribution in [2.75, 3.05) is 11.4 Å². The quantitative estimate of drug-likeness (QED) is 0.713. The van der Waals surface area contributed by atoms with Gasteiger partial charge < -0.3 is 10.0 Å². The summed E-state index contributed by atoms with van der Waals surface area (Å²) >= 11 is 0. The molecule has 0 bridgehead atoms. The number of benzene rings is 2. The maximum absolute atomic E-state index is 13.3. The summed E-state index contributed by atoms with van der Waals surface area (Å²) in [6.07, 6.45) is -2.76. The monoisotopic (exact) mass is 357 g/mol. The highest BCUT2D eigenvalue weighted by atomic mass is 19.3. The van der Waals surface area contributed by atoms with Gasteiger partial charge in [-0.05, 0) is 31.5 Å². The Balaban J connectivity index is 2.12. The van der Waals surface area contributed by atoms with Crippen LogP contribution in [0.4, 0.5) is 14.6 Å². The molecule has 0 spiro atoms. The van der Waals surface area contributed by atoms with Gasteiger partial charge in [-0.25, -0.2) is 18.7 Å². The summed E-state index contributed by atoms with van der Waals surface area (Å²) in [6, 6.07) is 16.7. The molecule has 1 aromatic heterocycles. The van der Waals surface area contributed by atoms with Crippen LogP contribution < -0.4 is 4.90 Å². The second-order valence-electron chi connectivity index (χ2n) is 6.88. The second-order valence-corrected chi connectivity index (χ2v) is 6.88. The van der Waals surface area contributed by atoms with Crippen molar-refractivity contribution in [2.24, 2.45) is 0 Å². The maximum Gasteiger partial charge on any atom is 0.297 e. The van der Waals surface area contributed by atoms with Gasteiger partial charge in [-0.3, -0.25) is 0 Å². The minimum atomic E-state index is -2.76. The molecule has 0 aliphatic heterocycles. The van der Waals surface area contributed by atoms with E-state index in [4.69, 9.17) is 0 Å². The lowest BCUT2D eigenvalue weighted by Gasteiger charge is -2.31. The molecule has 26 heavy (non-hydrogen) atoms. The van der Waals surface area contributed by atoms with E-state index in [1.807, 2.05) is 47.4 Å². The van der Waals surface area contributed by atoms with Gasteiger partial charge in [0.25, 0.3) is 6.43 Å². The van der Waals surface area contributed by atoms with Crippen molar-refractivity contribution in [2.45, 2.75) is 32.4 Å². The normalized spacial score (nSPS) is 11.9. The van der Waals surface area contributed by atoms with Gasteiger partial charge in [0.15, 0.2) is 5.82 Å². The summed E-state index contributed by atoms with van der Waals surface area (Å²) in [6.45, 7) is 4.05. The number of aromatic nitrogens is 2. The number of anilines is 1. The largest absolute Gasteiger partial charge is 0.389 e. The zero-order valence-corrected chi connectivity index (χ0v) is 14.7. The van der Waals surface area contributed by atoms with E-state index in [1.54, 1.807) is 26.0 Å². The molecule has 0 aliphatic carbocycles. The van der Waals surface area contributed by atoms with Crippen LogP contribution in [0.1, 0.15) is 31.7 Å². The Morgan fingerprint density at radius 1 is 1.00 bits per heavy atom. The topological polar surface area (TPSA) is 49.2 Å². The van der Waals surface area contributed by atoms with Gasteiger partial charge in [0.1, 0.15) is 5.82 Å². The van der Waals surface area contributed by atoms with Crippen LogP contribution in [0.2, 0.25) is 0 Å². The first kappa shape index (κ1) is 18.2. The van der Waals surface area contributed by atoms with Gasteiger partial charge in [-0.15, -0.1) is 0 Å². The molecule has 1 N–H and O–H groups in total. The van der Waals surface area contributed by atoms with Crippen LogP contribution in [-0.2, 0) is 6.54 Å². The van der Waals surface area contributed by atoms with Gasteiger partial charge in [-0.2, -0.15) is 0 Å². The van der Waals surface area contributed by atoms with Crippen LogP contribution in [0.25, 0.3) is 10.9 Å². The van der Waals surface area contributed by atoms with E-state index in [1.165, 1.54) is 0 Å². The molecule has 0 atom stereocenters. The number of fused-ring (bicyclic) bond motifs is 1. The van der Waals surface area contributed by atoms with Crippen molar-refractivity contribution in [3.63, 3.8) is 0 Å². The highest BCUT2D eigenvalue weighted by molar-refractivity contribution is 5.89. The lowest BCUT2D eigenvalue weighted by atomic mass is 10.1. The molecular weight excluding hydrogens is 336 g/mol. The minimum absolute atomic E-state index is 0.242. The Bertz CT molecular complexity index is 879. The van der Waals surface area contributed by atoms with E-state index in [0.29, 0.717) is 23.3 Å². The Labute approximate surface area is 151 Å². The van der Waals surface area contributed by atoms with Crippen molar-refractivity contribution < 1.29 is 13.9 Å². The fourth-order valence-corrected chi connectivity index (χ4v) is 2.89. The molecule has 0 unspecified atom stereocenters. The zero-order valence-electron chi connectivity index (χ0n) is 14.7. The second kappa shape index (κ2) is 7.33. The van der Waals surface area contributed by atoms with E-state index in [2.05, 4.69) is 9.97 Å². The van der Waals surface area contributed by atoms with Gasteiger partial charge >= 0.3 is 0 Å². The molecule has 136 valence electrons. The number of hydrogen-bond donors (Lipinski definition) is 1. The lowest BCUT2D eigenvalue weighted by Crippen LogP contribution is -2.39. The number of rotatable bonds is 6. The van der Waals surface area contributed by atoms with Crippen molar-refractivity contribution in [1.82, 2.24) is 9.97 Å². The van der Waals surface area contributed by atoms with Crippen LogP contribution in [0, 0.1) is 0 Å². The predicted molar refractivity (Wildman–Crippen MR) is 98.3 cm³/mol. The molecular formula is C20H21F2N3O. The lowest BCUT2D eigenvalue weighted by molar-refractivity contribution is 0.0868. The van der Waals surface area contributed by atoms with E-state index < -0.39 is 17.9 Å². The first-order valence-corrected chi connectivity index (χ1v) is 8.39. The van der Waals surface area contributed by atoms with E-state index in [0.717, 1.165) is 5.56 Å². The molecule has 0 aliphatic rings. The van der Waals surface area contributed by atoms with Gasteiger partial charge in [0.05, 0.1) is 11.1 Å². The van der Waals surface area contributed by atoms with Crippen molar-refractivity contribution >= 4 is 16.7 Å². The van der Waals surface area contributed by atoms with Crippen LogP contribution in [0.3, 0.4) is 0 Å². The summed E-state index contributed by atoms with van der Waals surface area (Å²) in [7, 11) is 0. The van der Waals surface area contributed by atoms with E-state index in [-0.39, 0.29) is 6.54 Å². The number of alkyl halides is 2. The predicted octanol–water partition coefficient (Wildman–Crippen LogP) is 4.34. The fraction of sp³-hybridized carbons (Fsp3) is 0.300. The smallest absolute Gasteiger partial charge is 0.297 e. The number of halogens is 2. The molecule has 6 heteroatoms. The third-order valence-corrected chi connectivity index (χ3v) is 3.89. The van der Waals surface area contributed by atoms with Gasteiger partial charge in [0.2, 0.25) is 0 Å². The first-order chi connectivity index (χ1) is 12.3. The molecule has 0 radical (unpaired) electrons. The highest BCUT2D eigenvalue weighted by Crippen LogP contribution is 2.29. The number of hydrogen-bond acceptors (Lipinski definition) is 4. The third-order valence-electron chi connectivity index (χ3n) is 3.89. The average molecular weight is 357 g/mol. The Morgan fingerprint density at radius 3 is 2.31 bits per heavy atom. The fourth-order valence-electron chi connectivity index (χ4n) is 2.89. The molecule has 0 fully saturated rings. The Morgan fingerprint density at radius 2 is 1.65 bits per heavy atom. The number of nitrogens with zero attached hydrogens (tertiary/aromatic N) is 3. The summed E-state index contributed by atoms with van der Waals surface area (Å²) < 4.78 is 26.6. The van der Waals surface area contributed by atoms with Crippen molar-refractivity contribution in [3.8, 4) is 0 Å². The van der Waals surface area contributed by atoms with Gasteiger partial charge in [-0.1, -0.05) is 42.5 Å². The van der Waals surface area contributed by atoms with Gasteiger partial charge in [0, 0.05) is 18.5 Å². The van der Waals surface area contributed by atoms with Crippen molar-refractivity contribution in [1.29, 1.82) is 0 Å². The Hall–Kier alpha value is -2.60. The van der Waals surface area contributed by atoms with E-state index in [9.17, 15) is 13.9 Å². The van der Waals surface area contributed by atoms with Crippen LogP contribution in [0.15, 0.2) is 54.6 Å². The zero-order chi connectivity index (χ0) is 18.7. The number of para-hydroxylation sites is 1. The molecule has 0 saturated carbocycles. The summed E-state index contributed by atoms with van der Waals surface area (Å²) in [5.74, 6) is -0.107. The first-order valence-electron chi connectivity index (χ1n) is 8.39. The highest BCUT2D eigenvalue weighted by Gasteiger charge is 2.24. The maximum atomic E-state index is 13.3. The minimum Gasteiger partial charge on any atom is -0.389 e. The molecule has 0 saturated heterocycles. The van der Waals surface area contributed by atoms with Crippen LogP contribution >= 0.6 is 0 Å². The summed E-state index contributed by atoms with van der Waals surface area (Å²) in [5.41, 5.74) is 0.436. The average Bonchev–Trinajstić information content (AvgIpc) is 2.60. The van der Waals surface area contributed by atoms with Crippen LogP contribution in [0.5, 0.6) is 0 Å². The SMILES string of the molecule is CC(C)(O)CN(Cc1ccccc1)c1nc(C(F)F)nc2ccccc12. The molecule has 2 aromatic carbocycles. The Kier molecular flexibility index (Phi) is 5.13. The molecule has 4 nitrogen and oxygen atoms in total. The molecule has 3 rings (SSSR count). The number of aliphatic hydroxyl groups is 1. The van der Waals surface area contributed by atoms with Crippen LogP contribution in [-0.4, -0.2) is 27.2 Å². The summed E-state index contributed by atoms with van der Waals surface area (Å²) in [4.78, 5) is 9.93.